The van der Waals surface area contributed by atoms with Crippen LogP contribution in [0.5, 0.6) is 0 Å². The Labute approximate surface area is 193 Å². The fraction of sp³-hybridized carbons (Fsp3) is 0.222. The fourth-order valence-electron chi connectivity index (χ4n) is 5.51. The number of piperidine rings is 1. The summed E-state index contributed by atoms with van der Waals surface area (Å²) in [4.78, 5) is 13.1. The molecule has 33 heavy (non-hydrogen) atoms. The summed E-state index contributed by atoms with van der Waals surface area (Å²) in [5, 5.41) is 2.31. The quantitative estimate of drug-likeness (QED) is 0.457. The van der Waals surface area contributed by atoms with Crippen LogP contribution in [0.3, 0.4) is 0 Å². The number of sulfonamides is 1. The fourth-order valence-corrected chi connectivity index (χ4v) is 7.09. The lowest BCUT2D eigenvalue weighted by Crippen LogP contribution is -2.49. The van der Waals surface area contributed by atoms with Gasteiger partial charge >= 0.3 is 0 Å². The highest BCUT2D eigenvalue weighted by Gasteiger charge is 2.40. The number of fused-ring (bicyclic) bond motifs is 5. The van der Waals surface area contributed by atoms with E-state index in [0.717, 1.165) is 28.6 Å². The van der Waals surface area contributed by atoms with Gasteiger partial charge in [-0.25, -0.2) is 8.42 Å². The van der Waals surface area contributed by atoms with Gasteiger partial charge in [0.2, 0.25) is 10.0 Å². The zero-order chi connectivity index (χ0) is 22.6. The summed E-state index contributed by atoms with van der Waals surface area (Å²) in [5.41, 5.74) is 3.02. The van der Waals surface area contributed by atoms with Crippen molar-refractivity contribution >= 4 is 20.8 Å². The van der Waals surface area contributed by atoms with Crippen molar-refractivity contribution in [2.45, 2.75) is 23.8 Å². The molecule has 1 aromatic heterocycles. The molecule has 2 bridgehead atoms. The summed E-state index contributed by atoms with van der Waals surface area (Å²) >= 11 is 0. The molecule has 3 aromatic carbocycles. The van der Waals surface area contributed by atoms with Crippen molar-refractivity contribution in [3.05, 3.63) is 101 Å². The van der Waals surface area contributed by atoms with E-state index >= 15 is 0 Å². The summed E-state index contributed by atoms with van der Waals surface area (Å²) in [6.45, 7) is 1.38. The summed E-state index contributed by atoms with van der Waals surface area (Å²) in [5.74, 6) is 0.102. The van der Waals surface area contributed by atoms with Gasteiger partial charge in [0, 0.05) is 42.9 Å². The zero-order valence-electron chi connectivity index (χ0n) is 18.1. The molecule has 0 unspecified atom stereocenters. The molecular weight excluding hydrogens is 432 g/mol. The average molecular weight is 457 g/mol. The Kier molecular flexibility index (Phi) is 4.75. The van der Waals surface area contributed by atoms with E-state index in [0.29, 0.717) is 24.5 Å². The molecule has 3 heterocycles. The lowest BCUT2D eigenvalue weighted by Gasteiger charge is -2.42. The van der Waals surface area contributed by atoms with E-state index in [-0.39, 0.29) is 17.4 Å². The van der Waals surface area contributed by atoms with E-state index in [1.807, 2.05) is 28.8 Å². The molecule has 0 saturated carbocycles. The summed E-state index contributed by atoms with van der Waals surface area (Å²) in [6.07, 6.45) is 0.894. The molecule has 4 aromatic rings. The maximum atomic E-state index is 13.4. The van der Waals surface area contributed by atoms with E-state index in [1.165, 1.54) is 5.39 Å². The molecule has 6 heteroatoms. The van der Waals surface area contributed by atoms with Crippen LogP contribution < -0.4 is 5.56 Å². The maximum Gasteiger partial charge on any atom is 0.250 e. The van der Waals surface area contributed by atoms with E-state index in [1.54, 1.807) is 34.6 Å². The van der Waals surface area contributed by atoms with Gasteiger partial charge in [-0.15, -0.1) is 0 Å². The Morgan fingerprint density at radius 1 is 0.758 bits per heavy atom. The van der Waals surface area contributed by atoms with Gasteiger partial charge in [-0.05, 0) is 52.9 Å². The Balaban J connectivity index is 1.45. The zero-order valence-corrected chi connectivity index (χ0v) is 18.9. The lowest BCUT2D eigenvalue weighted by atomic mass is 9.81. The Bertz CT molecular complexity index is 1530. The molecule has 2 aliphatic rings. The highest BCUT2D eigenvalue weighted by molar-refractivity contribution is 7.89. The molecule has 2 aliphatic heterocycles. The summed E-state index contributed by atoms with van der Waals surface area (Å²) in [7, 11) is -3.58. The summed E-state index contributed by atoms with van der Waals surface area (Å²) < 4.78 is 30.2. The van der Waals surface area contributed by atoms with Crippen molar-refractivity contribution in [3.63, 3.8) is 0 Å². The topological polar surface area (TPSA) is 59.4 Å². The normalized spacial score (nSPS) is 20.5. The van der Waals surface area contributed by atoms with Gasteiger partial charge in [-0.3, -0.25) is 4.79 Å². The number of hydrogen-bond donors (Lipinski definition) is 0. The second-order valence-electron chi connectivity index (χ2n) is 9.08. The standard InChI is InChI=1S/C27H24N2O3S/c30-26-13-12-25(22-11-10-20-6-4-5-7-21(20)15-22)27-23-14-19(17-29(26)27)16-28(18-23)33(31,32)24-8-2-1-3-9-24/h1-13,15,19,23H,14,16-18H2/t19-,23+/m0/s1. The first-order chi connectivity index (χ1) is 16.0. The number of rotatable bonds is 3. The van der Waals surface area contributed by atoms with Crippen LogP contribution in [-0.2, 0) is 16.6 Å². The van der Waals surface area contributed by atoms with Gasteiger partial charge in [0.1, 0.15) is 0 Å². The van der Waals surface area contributed by atoms with Crippen LogP contribution in [0.1, 0.15) is 18.0 Å². The molecule has 166 valence electrons. The molecule has 0 N–H and O–H groups in total. The van der Waals surface area contributed by atoms with Crippen LogP contribution >= 0.6 is 0 Å². The van der Waals surface area contributed by atoms with Crippen LogP contribution in [0.4, 0.5) is 0 Å². The monoisotopic (exact) mass is 456 g/mol. The number of nitrogens with zero attached hydrogens (tertiary/aromatic N) is 2. The summed E-state index contributed by atoms with van der Waals surface area (Å²) in [6, 6.07) is 26.8. The first kappa shape index (κ1) is 20.4. The highest BCUT2D eigenvalue weighted by Crippen LogP contribution is 2.41. The molecule has 0 spiro atoms. The second kappa shape index (κ2) is 7.68. The molecule has 5 nitrogen and oxygen atoms in total. The van der Waals surface area contributed by atoms with Crippen molar-refractivity contribution in [3.8, 4) is 11.1 Å². The van der Waals surface area contributed by atoms with E-state index < -0.39 is 10.0 Å². The third-order valence-corrected chi connectivity index (χ3v) is 8.84. The van der Waals surface area contributed by atoms with Gasteiger partial charge in [0.15, 0.2) is 0 Å². The molecule has 0 radical (unpaired) electrons. The van der Waals surface area contributed by atoms with Crippen LogP contribution in [0.25, 0.3) is 21.9 Å². The molecule has 1 saturated heterocycles. The van der Waals surface area contributed by atoms with Crippen molar-refractivity contribution in [2.24, 2.45) is 5.92 Å². The first-order valence-electron chi connectivity index (χ1n) is 11.3. The Hall–Kier alpha value is -3.22. The number of hydrogen-bond acceptors (Lipinski definition) is 3. The first-order valence-corrected chi connectivity index (χ1v) is 12.7. The minimum Gasteiger partial charge on any atom is -0.311 e. The molecule has 1 fully saturated rings. The van der Waals surface area contributed by atoms with Crippen LogP contribution in [-0.4, -0.2) is 30.4 Å². The minimum absolute atomic E-state index is 0.0106. The predicted octanol–water partition coefficient (Wildman–Crippen LogP) is 4.48. The smallest absolute Gasteiger partial charge is 0.250 e. The number of aromatic nitrogens is 1. The van der Waals surface area contributed by atoms with Crippen LogP contribution in [0.15, 0.2) is 94.6 Å². The molecule has 0 amide bonds. The van der Waals surface area contributed by atoms with Crippen molar-refractivity contribution in [2.75, 3.05) is 13.1 Å². The predicted molar refractivity (Wildman–Crippen MR) is 130 cm³/mol. The van der Waals surface area contributed by atoms with Gasteiger partial charge in [0.05, 0.1) is 4.90 Å². The third kappa shape index (κ3) is 3.41. The molecule has 2 atom stereocenters. The van der Waals surface area contributed by atoms with Crippen molar-refractivity contribution in [1.29, 1.82) is 0 Å². The maximum absolute atomic E-state index is 13.4. The van der Waals surface area contributed by atoms with E-state index in [4.69, 9.17) is 0 Å². The minimum atomic E-state index is -3.58. The van der Waals surface area contributed by atoms with E-state index in [2.05, 4.69) is 30.3 Å². The Morgan fingerprint density at radius 2 is 1.52 bits per heavy atom. The average Bonchev–Trinajstić information content (AvgIpc) is 2.85. The number of benzene rings is 3. The largest absolute Gasteiger partial charge is 0.311 e. The van der Waals surface area contributed by atoms with E-state index in [9.17, 15) is 13.2 Å². The van der Waals surface area contributed by atoms with Crippen LogP contribution in [0, 0.1) is 5.92 Å². The Morgan fingerprint density at radius 3 is 2.33 bits per heavy atom. The van der Waals surface area contributed by atoms with Gasteiger partial charge in [-0.2, -0.15) is 4.31 Å². The SMILES string of the molecule is O=c1ccc(-c2ccc3ccccc3c2)c2n1C[C@H]1C[C@@H]2CN(S(=O)(=O)c2ccccc2)C1. The van der Waals surface area contributed by atoms with Gasteiger partial charge in [-0.1, -0.05) is 54.6 Å². The van der Waals surface area contributed by atoms with Crippen LogP contribution in [0.2, 0.25) is 0 Å². The van der Waals surface area contributed by atoms with Crippen molar-refractivity contribution < 1.29 is 8.42 Å². The third-order valence-electron chi connectivity index (χ3n) is 7.00. The highest BCUT2D eigenvalue weighted by atomic mass is 32.2. The number of pyridine rings is 1. The molecule has 0 aliphatic carbocycles. The molecule has 6 rings (SSSR count). The van der Waals surface area contributed by atoms with Gasteiger partial charge < -0.3 is 4.57 Å². The van der Waals surface area contributed by atoms with Crippen molar-refractivity contribution in [1.82, 2.24) is 8.87 Å². The second-order valence-corrected chi connectivity index (χ2v) is 11.0. The molecular formula is C27H24N2O3S. The lowest BCUT2D eigenvalue weighted by molar-refractivity contribution is 0.187. The van der Waals surface area contributed by atoms with Gasteiger partial charge in [0.25, 0.3) is 5.56 Å².